The molecule has 0 aliphatic heterocycles. The zero-order valence-electron chi connectivity index (χ0n) is 10.4. The Balaban J connectivity index is 2.90. The molecule has 0 heterocycles. The Kier molecular flexibility index (Phi) is 4.73. The van der Waals surface area contributed by atoms with Gasteiger partial charge in [0.1, 0.15) is 0 Å². The first-order chi connectivity index (χ1) is 8.04. The van der Waals surface area contributed by atoms with E-state index in [-0.39, 0.29) is 5.91 Å². The van der Waals surface area contributed by atoms with Crippen molar-refractivity contribution in [3.05, 3.63) is 12.2 Å². The van der Waals surface area contributed by atoms with Crippen molar-refractivity contribution < 1.29 is 9.59 Å². The average molecular weight is 238 g/mol. The fraction of sp³-hybridized carbons (Fsp3) is 0.692. The van der Waals surface area contributed by atoms with Crippen molar-refractivity contribution in [2.45, 2.75) is 45.4 Å². The van der Waals surface area contributed by atoms with E-state index in [9.17, 15) is 9.59 Å². The van der Waals surface area contributed by atoms with E-state index in [0.29, 0.717) is 19.3 Å². The standard InChI is InChI=1S/C13H22N2O2/c1-2-3-5-8-13(12(15)17)9-6-4-7-10(13)11(14)16/h4,6,10H,2-3,5,7-9H2,1H3,(H2,14,16)(H2,15,17). The van der Waals surface area contributed by atoms with Crippen molar-refractivity contribution >= 4 is 11.8 Å². The summed E-state index contributed by atoms with van der Waals surface area (Å²) in [6.45, 7) is 2.10. The van der Waals surface area contributed by atoms with Crippen molar-refractivity contribution in [1.29, 1.82) is 0 Å². The van der Waals surface area contributed by atoms with E-state index in [1.54, 1.807) is 0 Å². The van der Waals surface area contributed by atoms with Crippen LogP contribution in [-0.4, -0.2) is 11.8 Å². The van der Waals surface area contributed by atoms with Crippen LogP contribution in [-0.2, 0) is 9.59 Å². The smallest absolute Gasteiger partial charge is 0.224 e. The molecule has 0 aromatic heterocycles. The van der Waals surface area contributed by atoms with Crippen LogP contribution in [0.5, 0.6) is 0 Å². The highest BCUT2D eigenvalue weighted by atomic mass is 16.2. The first kappa shape index (κ1) is 13.7. The molecule has 2 amide bonds. The van der Waals surface area contributed by atoms with E-state index < -0.39 is 17.2 Å². The quantitative estimate of drug-likeness (QED) is 0.542. The number of hydrogen-bond donors (Lipinski definition) is 2. The fourth-order valence-electron chi connectivity index (χ4n) is 2.64. The minimum Gasteiger partial charge on any atom is -0.369 e. The number of carbonyl (C=O) groups is 2. The Bertz CT molecular complexity index is 325. The predicted molar refractivity (Wildman–Crippen MR) is 66.8 cm³/mol. The van der Waals surface area contributed by atoms with E-state index >= 15 is 0 Å². The number of nitrogens with two attached hydrogens (primary N) is 2. The van der Waals surface area contributed by atoms with Gasteiger partial charge in [-0.25, -0.2) is 0 Å². The Morgan fingerprint density at radius 1 is 1.29 bits per heavy atom. The minimum absolute atomic E-state index is 0.387. The molecule has 0 saturated carbocycles. The first-order valence-electron chi connectivity index (χ1n) is 6.29. The van der Waals surface area contributed by atoms with Gasteiger partial charge in [-0.3, -0.25) is 9.59 Å². The predicted octanol–water partition coefficient (Wildman–Crippen LogP) is 1.49. The lowest BCUT2D eigenvalue weighted by Crippen LogP contribution is -2.49. The number of amides is 2. The van der Waals surface area contributed by atoms with Crippen LogP contribution in [0, 0.1) is 11.3 Å². The fourth-order valence-corrected chi connectivity index (χ4v) is 2.64. The van der Waals surface area contributed by atoms with Gasteiger partial charge in [0, 0.05) is 0 Å². The molecule has 0 radical (unpaired) electrons. The third-order valence-corrected chi connectivity index (χ3v) is 3.75. The second-order valence-corrected chi connectivity index (χ2v) is 4.84. The van der Waals surface area contributed by atoms with Crippen molar-refractivity contribution in [3.63, 3.8) is 0 Å². The number of unbranched alkanes of at least 4 members (excludes halogenated alkanes) is 2. The van der Waals surface area contributed by atoms with Gasteiger partial charge in [0.15, 0.2) is 0 Å². The number of primary amides is 2. The maximum Gasteiger partial charge on any atom is 0.224 e. The Hall–Kier alpha value is -1.32. The molecule has 4 heteroatoms. The van der Waals surface area contributed by atoms with Gasteiger partial charge in [0.2, 0.25) is 11.8 Å². The number of carbonyl (C=O) groups excluding carboxylic acids is 2. The van der Waals surface area contributed by atoms with Gasteiger partial charge >= 0.3 is 0 Å². The molecule has 2 unspecified atom stereocenters. The van der Waals surface area contributed by atoms with E-state index in [0.717, 1.165) is 19.3 Å². The van der Waals surface area contributed by atoms with Crippen LogP contribution >= 0.6 is 0 Å². The molecule has 1 aliphatic carbocycles. The maximum atomic E-state index is 11.8. The van der Waals surface area contributed by atoms with Gasteiger partial charge in [0.25, 0.3) is 0 Å². The van der Waals surface area contributed by atoms with E-state index in [4.69, 9.17) is 11.5 Å². The lowest BCUT2D eigenvalue weighted by molar-refractivity contribution is -0.139. The molecule has 0 fully saturated rings. The molecule has 0 spiro atoms. The molecular formula is C13H22N2O2. The summed E-state index contributed by atoms with van der Waals surface area (Å²) in [5.74, 6) is -1.24. The molecule has 0 bridgehead atoms. The number of allylic oxidation sites excluding steroid dienone is 2. The second-order valence-electron chi connectivity index (χ2n) is 4.84. The first-order valence-corrected chi connectivity index (χ1v) is 6.29. The van der Waals surface area contributed by atoms with Crippen molar-refractivity contribution in [2.24, 2.45) is 22.8 Å². The van der Waals surface area contributed by atoms with Crippen LogP contribution < -0.4 is 11.5 Å². The zero-order chi connectivity index (χ0) is 12.9. The normalized spacial score (nSPS) is 27.9. The average Bonchev–Trinajstić information content (AvgIpc) is 2.29. The molecule has 0 aromatic carbocycles. The van der Waals surface area contributed by atoms with Gasteiger partial charge in [-0.1, -0.05) is 38.3 Å². The van der Waals surface area contributed by atoms with Crippen molar-refractivity contribution in [1.82, 2.24) is 0 Å². The Morgan fingerprint density at radius 2 is 2.00 bits per heavy atom. The summed E-state index contributed by atoms with van der Waals surface area (Å²) in [5.41, 5.74) is 10.2. The lowest BCUT2D eigenvalue weighted by Gasteiger charge is -2.37. The van der Waals surface area contributed by atoms with Gasteiger partial charge in [0.05, 0.1) is 11.3 Å². The van der Waals surface area contributed by atoms with Gasteiger partial charge in [-0.15, -0.1) is 0 Å². The summed E-state index contributed by atoms with van der Waals surface area (Å²) < 4.78 is 0. The van der Waals surface area contributed by atoms with Crippen LogP contribution in [0.2, 0.25) is 0 Å². The third-order valence-electron chi connectivity index (χ3n) is 3.75. The molecule has 0 saturated heterocycles. The van der Waals surface area contributed by atoms with E-state index in [1.165, 1.54) is 0 Å². The number of hydrogen-bond acceptors (Lipinski definition) is 2. The van der Waals surface area contributed by atoms with Gasteiger partial charge in [-0.05, 0) is 19.3 Å². The molecule has 4 nitrogen and oxygen atoms in total. The van der Waals surface area contributed by atoms with Crippen molar-refractivity contribution in [3.8, 4) is 0 Å². The summed E-state index contributed by atoms with van der Waals surface area (Å²) in [5, 5.41) is 0. The Labute approximate surface area is 102 Å². The molecular weight excluding hydrogens is 216 g/mol. The largest absolute Gasteiger partial charge is 0.369 e. The molecule has 4 N–H and O–H groups in total. The summed E-state index contributed by atoms with van der Waals surface area (Å²) in [6.07, 6.45) is 8.62. The highest BCUT2D eigenvalue weighted by Crippen LogP contribution is 2.42. The van der Waals surface area contributed by atoms with Gasteiger partial charge in [-0.2, -0.15) is 0 Å². The second kappa shape index (κ2) is 5.84. The van der Waals surface area contributed by atoms with E-state index in [2.05, 4.69) is 6.92 Å². The monoisotopic (exact) mass is 238 g/mol. The van der Waals surface area contributed by atoms with Crippen LogP contribution in [0.3, 0.4) is 0 Å². The van der Waals surface area contributed by atoms with E-state index in [1.807, 2.05) is 12.2 Å². The number of rotatable bonds is 6. The summed E-state index contributed by atoms with van der Waals surface area (Å²) in [4.78, 5) is 23.3. The summed E-state index contributed by atoms with van der Waals surface area (Å²) >= 11 is 0. The van der Waals surface area contributed by atoms with Crippen LogP contribution in [0.15, 0.2) is 12.2 Å². The molecule has 1 rings (SSSR count). The molecule has 2 atom stereocenters. The molecule has 1 aliphatic rings. The summed E-state index contributed by atoms with van der Waals surface area (Å²) in [7, 11) is 0. The zero-order valence-corrected chi connectivity index (χ0v) is 10.4. The topological polar surface area (TPSA) is 86.2 Å². The highest BCUT2D eigenvalue weighted by Gasteiger charge is 2.46. The van der Waals surface area contributed by atoms with Gasteiger partial charge < -0.3 is 11.5 Å². The third kappa shape index (κ3) is 2.87. The van der Waals surface area contributed by atoms with Crippen LogP contribution in [0.1, 0.15) is 45.4 Å². The van der Waals surface area contributed by atoms with Crippen LogP contribution in [0.4, 0.5) is 0 Å². The minimum atomic E-state index is -0.754. The molecule has 17 heavy (non-hydrogen) atoms. The Morgan fingerprint density at radius 3 is 2.53 bits per heavy atom. The lowest BCUT2D eigenvalue weighted by atomic mass is 9.65. The molecule has 0 aromatic rings. The van der Waals surface area contributed by atoms with Crippen LogP contribution in [0.25, 0.3) is 0 Å². The van der Waals surface area contributed by atoms with Crippen molar-refractivity contribution in [2.75, 3.05) is 0 Å². The maximum absolute atomic E-state index is 11.8. The molecule has 96 valence electrons. The summed E-state index contributed by atoms with van der Waals surface area (Å²) in [6, 6.07) is 0. The SMILES string of the molecule is CCCCCC1(C(N)=O)CC=CCC1C(N)=O. The highest BCUT2D eigenvalue weighted by molar-refractivity contribution is 5.89.